The second-order valence-electron chi connectivity index (χ2n) is 4.89. The van der Waals surface area contributed by atoms with Crippen LogP contribution in [-0.2, 0) is 6.54 Å². The fourth-order valence-corrected chi connectivity index (χ4v) is 2.48. The average Bonchev–Trinajstić information content (AvgIpc) is 2.55. The summed E-state index contributed by atoms with van der Waals surface area (Å²) < 4.78 is 6.18. The molecule has 0 aliphatic carbocycles. The van der Waals surface area contributed by atoms with E-state index in [4.69, 9.17) is 4.74 Å². The lowest BCUT2D eigenvalue weighted by Crippen LogP contribution is -2.26. The molecule has 0 saturated heterocycles. The summed E-state index contributed by atoms with van der Waals surface area (Å²) in [5.41, 5.74) is -0.411. The van der Waals surface area contributed by atoms with E-state index in [1.54, 1.807) is 31.2 Å². The number of para-hydroxylation sites is 1. The Hall–Kier alpha value is -3.07. The van der Waals surface area contributed by atoms with Crippen LogP contribution in [0.3, 0.4) is 0 Å². The second kappa shape index (κ2) is 6.36. The molecule has 0 atom stereocenters. The van der Waals surface area contributed by atoms with Crippen LogP contribution in [0.2, 0.25) is 0 Å². The maximum absolute atomic E-state index is 12.9. The van der Waals surface area contributed by atoms with Crippen LogP contribution in [0.4, 0.5) is 0 Å². The van der Waals surface area contributed by atoms with Gasteiger partial charge < -0.3 is 9.84 Å². The van der Waals surface area contributed by atoms with Gasteiger partial charge in [-0.1, -0.05) is 12.1 Å². The fourth-order valence-electron chi connectivity index (χ4n) is 2.48. The quantitative estimate of drug-likeness (QED) is 0.872. The summed E-state index contributed by atoms with van der Waals surface area (Å²) in [6, 6.07) is 8.39. The molecule has 0 aliphatic heterocycles. The van der Waals surface area contributed by atoms with Crippen LogP contribution in [0.1, 0.15) is 34.0 Å². The molecule has 0 amide bonds. The Balaban J connectivity index is 2.81. The highest BCUT2D eigenvalue weighted by Crippen LogP contribution is 2.28. The maximum atomic E-state index is 12.9. The van der Waals surface area contributed by atoms with Crippen molar-refractivity contribution in [2.75, 3.05) is 7.11 Å². The van der Waals surface area contributed by atoms with Crippen LogP contribution in [0.5, 0.6) is 11.6 Å². The monoisotopic (exact) mass is 312 g/mol. The first-order valence-electron chi connectivity index (χ1n) is 7.02. The molecule has 0 fully saturated rings. The van der Waals surface area contributed by atoms with Crippen molar-refractivity contribution in [1.29, 1.82) is 5.26 Å². The van der Waals surface area contributed by atoms with Gasteiger partial charge in [0.15, 0.2) is 0 Å². The van der Waals surface area contributed by atoms with E-state index in [2.05, 4.69) is 0 Å². The lowest BCUT2D eigenvalue weighted by Gasteiger charge is -2.15. The first kappa shape index (κ1) is 16.3. The van der Waals surface area contributed by atoms with Crippen LogP contribution in [0.25, 0.3) is 0 Å². The number of carbonyl (C=O) groups excluding carboxylic acids is 1. The Labute approximate surface area is 133 Å². The molecule has 6 heteroatoms. The van der Waals surface area contributed by atoms with E-state index in [0.29, 0.717) is 5.75 Å². The molecule has 0 radical (unpaired) electrons. The standard InChI is InChI=1S/C17H16N2O4/c1-4-19-16(21)12(9-18)10(2)14(17(19)22)15(20)11-7-5-6-8-13(11)23-3/h5-8,22H,4H2,1-3H3. The molecule has 1 aromatic heterocycles. The lowest BCUT2D eigenvalue weighted by molar-refractivity contribution is 0.103. The molecule has 23 heavy (non-hydrogen) atoms. The second-order valence-corrected chi connectivity index (χ2v) is 4.89. The summed E-state index contributed by atoms with van der Waals surface area (Å²) in [4.78, 5) is 25.0. The van der Waals surface area contributed by atoms with E-state index in [0.717, 1.165) is 4.57 Å². The largest absolute Gasteiger partial charge is 0.496 e. The zero-order valence-corrected chi connectivity index (χ0v) is 13.1. The normalized spacial score (nSPS) is 10.2. The van der Waals surface area contributed by atoms with Gasteiger partial charge in [-0.3, -0.25) is 14.2 Å². The van der Waals surface area contributed by atoms with Crippen LogP contribution in [0, 0.1) is 18.3 Å². The summed E-state index contributed by atoms with van der Waals surface area (Å²) in [6.45, 7) is 3.27. The van der Waals surface area contributed by atoms with Crippen molar-refractivity contribution in [1.82, 2.24) is 4.57 Å². The smallest absolute Gasteiger partial charge is 0.271 e. The molecular weight excluding hydrogens is 296 g/mol. The molecule has 0 bridgehead atoms. The summed E-state index contributed by atoms with van der Waals surface area (Å²) >= 11 is 0. The van der Waals surface area contributed by atoms with E-state index < -0.39 is 17.2 Å². The van der Waals surface area contributed by atoms with Gasteiger partial charge in [-0.15, -0.1) is 0 Å². The van der Waals surface area contributed by atoms with Crippen LogP contribution < -0.4 is 10.3 Å². The van der Waals surface area contributed by atoms with E-state index in [1.807, 2.05) is 6.07 Å². The number of benzene rings is 1. The third-order valence-corrected chi connectivity index (χ3v) is 3.69. The number of hydrogen-bond donors (Lipinski definition) is 1. The van der Waals surface area contributed by atoms with Gasteiger partial charge in [0.1, 0.15) is 17.4 Å². The first-order valence-corrected chi connectivity index (χ1v) is 7.02. The van der Waals surface area contributed by atoms with Crippen molar-refractivity contribution in [2.45, 2.75) is 20.4 Å². The number of nitriles is 1. The molecule has 0 spiro atoms. The predicted octanol–water partition coefficient (Wildman–Crippen LogP) is 1.99. The third kappa shape index (κ3) is 2.57. The molecule has 0 aliphatic rings. The fraction of sp³-hybridized carbons (Fsp3) is 0.235. The van der Waals surface area contributed by atoms with Gasteiger partial charge in [-0.05, 0) is 31.5 Å². The molecule has 1 N–H and O–H groups in total. The number of nitrogens with zero attached hydrogens (tertiary/aromatic N) is 2. The van der Waals surface area contributed by atoms with E-state index >= 15 is 0 Å². The number of aromatic hydroxyl groups is 1. The molecule has 6 nitrogen and oxygen atoms in total. The molecule has 0 saturated carbocycles. The van der Waals surface area contributed by atoms with Gasteiger partial charge in [0.05, 0.1) is 18.2 Å². The Morgan fingerprint density at radius 3 is 2.61 bits per heavy atom. The molecule has 2 aromatic rings. The van der Waals surface area contributed by atoms with Gasteiger partial charge >= 0.3 is 0 Å². The molecule has 1 heterocycles. The van der Waals surface area contributed by atoms with Crippen molar-refractivity contribution < 1.29 is 14.6 Å². The van der Waals surface area contributed by atoms with Crippen molar-refractivity contribution in [3.8, 4) is 17.7 Å². The summed E-state index contributed by atoms with van der Waals surface area (Å²) in [6.07, 6.45) is 0. The average molecular weight is 312 g/mol. The third-order valence-electron chi connectivity index (χ3n) is 3.69. The number of ketones is 1. The van der Waals surface area contributed by atoms with Gasteiger partial charge in [0.2, 0.25) is 11.7 Å². The van der Waals surface area contributed by atoms with Crippen molar-refractivity contribution in [2.24, 2.45) is 0 Å². The lowest BCUT2D eigenvalue weighted by atomic mass is 9.96. The molecule has 1 aromatic carbocycles. The maximum Gasteiger partial charge on any atom is 0.271 e. The van der Waals surface area contributed by atoms with Crippen LogP contribution >= 0.6 is 0 Å². The summed E-state index contributed by atoms with van der Waals surface area (Å²) in [5.74, 6) is -0.592. The minimum atomic E-state index is -0.610. The highest BCUT2D eigenvalue weighted by molar-refractivity contribution is 6.13. The molecular formula is C17H16N2O4. The molecule has 118 valence electrons. The summed E-state index contributed by atoms with van der Waals surface area (Å²) in [7, 11) is 1.44. The van der Waals surface area contributed by atoms with E-state index in [1.165, 1.54) is 14.0 Å². The number of methoxy groups -OCH3 is 1. The highest BCUT2D eigenvalue weighted by Gasteiger charge is 2.25. The van der Waals surface area contributed by atoms with E-state index in [9.17, 15) is 20.0 Å². The van der Waals surface area contributed by atoms with Crippen molar-refractivity contribution >= 4 is 5.78 Å². The van der Waals surface area contributed by atoms with Gasteiger partial charge in [-0.2, -0.15) is 5.26 Å². The number of aromatic nitrogens is 1. The summed E-state index contributed by atoms with van der Waals surface area (Å²) in [5, 5.41) is 19.6. The molecule has 0 unspecified atom stereocenters. The number of hydrogen-bond acceptors (Lipinski definition) is 5. The topological polar surface area (TPSA) is 92.3 Å². The number of rotatable bonds is 4. The van der Waals surface area contributed by atoms with Crippen molar-refractivity contribution in [3.05, 3.63) is 56.9 Å². The number of pyridine rings is 1. The van der Waals surface area contributed by atoms with Crippen molar-refractivity contribution in [3.63, 3.8) is 0 Å². The Morgan fingerprint density at radius 2 is 2.04 bits per heavy atom. The number of ether oxygens (including phenoxy) is 1. The minimum absolute atomic E-state index is 0.0625. The Kier molecular flexibility index (Phi) is 4.51. The van der Waals surface area contributed by atoms with E-state index in [-0.39, 0.29) is 28.8 Å². The predicted molar refractivity (Wildman–Crippen MR) is 83.9 cm³/mol. The Bertz CT molecular complexity index is 875. The highest BCUT2D eigenvalue weighted by atomic mass is 16.5. The zero-order chi connectivity index (χ0) is 17.1. The van der Waals surface area contributed by atoms with Crippen LogP contribution in [-0.4, -0.2) is 22.6 Å². The van der Waals surface area contributed by atoms with Crippen LogP contribution in [0.15, 0.2) is 29.1 Å². The van der Waals surface area contributed by atoms with Gasteiger partial charge in [0.25, 0.3) is 5.56 Å². The Morgan fingerprint density at radius 1 is 1.39 bits per heavy atom. The molecule has 2 rings (SSSR count). The van der Waals surface area contributed by atoms with Gasteiger partial charge in [0, 0.05) is 6.54 Å². The minimum Gasteiger partial charge on any atom is -0.496 e. The zero-order valence-electron chi connectivity index (χ0n) is 13.1. The first-order chi connectivity index (χ1) is 11.0. The number of carbonyl (C=O) groups is 1. The SMILES string of the molecule is CCn1c(O)c(C(=O)c2ccccc2OC)c(C)c(C#N)c1=O. The van der Waals surface area contributed by atoms with Gasteiger partial charge in [-0.25, -0.2) is 0 Å².